The van der Waals surface area contributed by atoms with Crippen LogP contribution in [0.25, 0.3) is 11.3 Å². The Labute approximate surface area is 167 Å². The fourth-order valence-corrected chi connectivity index (χ4v) is 3.16. The van der Waals surface area contributed by atoms with Crippen LogP contribution in [0.2, 0.25) is 0 Å². The minimum atomic E-state index is -0.411. The molecule has 1 aliphatic heterocycles. The van der Waals surface area contributed by atoms with Crippen LogP contribution in [-0.4, -0.2) is 39.9 Å². The van der Waals surface area contributed by atoms with Crippen LogP contribution in [0.5, 0.6) is 11.6 Å². The molecule has 1 amide bonds. The molecule has 3 aromatic heterocycles. The zero-order valence-electron chi connectivity index (χ0n) is 16.2. The van der Waals surface area contributed by atoms with Gasteiger partial charge in [-0.15, -0.1) is 0 Å². The van der Waals surface area contributed by atoms with Gasteiger partial charge in [0, 0.05) is 11.8 Å². The van der Waals surface area contributed by atoms with Crippen molar-refractivity contribution in [1.29, 1.82) is 5.26 Å². The minimum Gasteiger partial charge on any atom is -0.491 e. The molecule has 4 heterocycles. The van der Waals surface area contributed by atoms with Crippen molar-refractivity contribution in [1.82, 2.24) is 19.7 Å². The van der Waals surface area contributed by atoms with Crippen LogP contribution in [0.3, 0.4) is 0 Å². The number of aromatic nitrogens is 4. The molecule has 0 spiro atoms. The molecular weight excluding hydrogens is 372 g/mol. The monoisotopic (exact) mass is 390 g/mol. The maximum atomic E-state index is 12.8. The van der Waals surface area contributed by atoms with Crippen molar-refractivity contribution in [2.75, 3.05) is 19.1 Å². The number of carbonyl (C=O) groups excluding carboxylic acids is 1. The summed E-state index contributed by atoms with van der Waals surface area (Å²) in [5.74, 6) is 0.750. The van der Waals surface area contributed by atoms with Crippen LogP contribution >= 0.6 is 0 Å². The highest BCUT2D eigenvalue weighted by Gasteiger charge is 2.31. The number of carbonyl (C=O) groups is 1. The second-order valence-electron chi connectivity index (χ2n) is 6.50. The summed E-state index contributed by atoms with van der Waals surface area (Å²) in [5, 5.41) is 13.2. The van der Waals surface area contributed by atoms with Crippen LogP contribution in [0, 0.1) is 11.3 Å². The summed E-state index contributed by atoms with van der Waals surface area (Å²) in [6, 6.07) is 7.04. The first-order chi connectivity index (χ1) is 14.0. The number of nitriles is 1. The predicted octanol–water partition coefficient (Wildman–Crippen LogP) is 2.60. The Balaban J connectivity index is 1.64. The highest BCUT2D eigenvalue weighted by molar-refractivity contribution is 6.09. The Hall–Kier alpha value is -3.93. The van der Waals surface area contributed by atoms with Crippen molar-refractivity contribution in [3.05, 3.63) is 48.0 Å². The second-order valence-corrected chi connectivity index (χ2v) is 6.50. The molecule has 0 radical (unpaired) electrons. The van der Waals surface area contributed by atoms with Gasteiger partial charge in [0.15, 0.2) is 5.75 Å². The van der Waals surface area contributed by atoms with Gasteiger partial charge in [0.25, 0.3) is 11.8 Å². The summed E-state index contributed by atoms with van der Waals surface area (Å²) in [6.07, 6.45) is 4.92. The highest BCUT2D eigenvalue weighted by atomic mass is 16.5. The summed E-state index contributed by atoms with van der Waals surface area (Å²) < 4.78 is 12.0. The molecule has 0 fully saturated rings. The van der Waals surface area contributed by atoms with E-state index < -0.39 is 6.04 Å². The van der Waals surface area contributed by atoms with Crippen LogP contribution in [0.15, 0.2) is 36.8 Å². The Kier molecular flexibility index (Phi) is 4.60. The zero-order valence-corrected chi connectivity index (χ0v) is 16.2. The number of nitrogens with zero attached hydrogens (tertiary/aromatic N) is 6. The third-order valence-electron chi connectivity index (χ3n) is 4.77. The van der Waals surface area contributed by atoms with Gasteiger partial charge in [-0.05, 0) is 25.1 Å². The van der Waals surface area contributed by atoms with Crippen LogP contribution in [0.1, 0.15) is 29.0 Å². The molecule has 9 nitrogen and oxygen atoms in total. The normalized spacial score (nSPS) is 13.7. The Morgan fingerprint density at radius 1 is 1.24 bits per heavy atom. The molecule has 0 bridgehead atoms. The Morgan fingerprint density at radius 2 is 2.07 bits per heavy atom. The van der Waals surface area contributed by atoms with E-state index in [4.69, 9.17) is 14.7 Å². The van der Waals surface area contributed by atoms with E-state index in [2.05, 4.69) is 21.1 Å². The fraction of sp³-hybridized carbons (Fsp3) is 0.250. The minimum absolute atomic E-state index is 0.145. The van der Waals surface area contributed by atoms with Crippen LogP contribution in [0.4, 0.5) is 5.69 Å². The summed E-state index contributed by atoms with van der Waals surface area (Å²) >= 11 is 0. The van der Waals surface area contributed by atoms with E-state index in [1.54, 1.807) is 55.7 Å². The second kappa shape index (κ2) is 7.24. The van der Waals surface area contributed by atoms with Gasteiger partial charge in [-0.25, -0.2) is 4.98 Å². The van der Waals surface area contributed by atoms with E-state index in [9.17, 15) is 4.79 Å². The van der Waals surface area contributed by atoms with Crippen LogP contribution < -0.4 is 14.4 Å². The lowest BCUT2D eigenvalue weighted by Gasteiger charge is -2.12. The lowest BCUT2D eigenvalue weighted by atomic mass is 10.1. The van der Waals surface area contributed by atoms with Gasteiger partial charge in [-0.2, -0.15) is 10.4 Å². The van der Waals surface area contributed by atoms with Crippen molar-refractivity contribution in [2.24, 2.45) is 0 Å². The number of methoxy groups -OCH3 is 2. The van der Waals surface area contributed by atoms with Gasteiger partial charge in [0.1, 0.15) is 6.04 Å². The van der Waals surface area contributed by atoms with Crippen molar-refractivity contribution in [3.63, 3.8) is 0 Å². The number of pyridine rings is 2. The molecule has 9 heteroatoms. The van der Waals surface area contributed by atoms with Crippen molar-refractivity contribution in [3.8, 4) is 29.0 Å². The summed E-state index contributed by atoms with van der Waals surface area (Å²) in [5.41, 5.74) is 3.28. The average Bonchev–Trinajstić information content (AvgIpc) is 3.37. The molecule has 0 aromatic carbocycles. The maximum Gasteiger partial charge on any atom is 0.260 e. The lowest BCUT2D eigenvalue weighted by Crippen LogP contribution is -2.22. The van der Waals surface area contributed by atoms with Gasteiger partial charge in [-0.3, -0.25) is 19.4 Å². The fourth-order valence-electron chi connectivity index (χ4n) is 3.16. The molecule has 4 rings (SSSR count). The van der Waals surface area contributed by atoms with E-state index in [0.717, 1.165) is 5.56 Å². The molecule has 3 aromatic rings. The summed E-state index contributed by atoms with van der Waals surface area (Å²) in [4.78, 5) is 23.3. The van der Waals surface area contributed by atoms with E-state index in [0.29, 0.717) is 40.8 Å². The zero-order chi connectivity index (χ0) is 20.5. The number of amides is 1. The van der Waals surface area contributed by atoms with Crippen molar-refractivity contribution < 1.29 is 14.3 Å². The van der Waals surface area contributed by atoms with Gasteiger partial charge < -0.3 is 9.47 Å². The largest absolute Gasteiger partial charge is 0.491 e. The molecule has 146 valence electrons. The molecule has 29 heavy (non-hydrogen) atoms. The molecule has 0 saturated carbocycles. The number of hydrogen-bond acceptors (Lipinski definition) is 7. The molecule has 0 aliphatic carbocycles. The van der Waals surface area contributed by atoms with Gasteiger partial charge >= 0.3 is 0 Å². The number of ether oxygens (including phenoxy) is 2. The molecule has 0 saturated heterocycles. The van der Waals surface area contributed by atoms with Gasteiger partial charge in [-0.1, -0.05) is 0 Å². The number of anilines is 1. The third kappa shape index (κ3) is 3.14. The molecular formula is C20H18N6O3. The smallest absolute Gasteiger partial charge is 0.260 e. The maximum absolute atomic E-state index is 12.8. The summed E-state index contributed by atoms with van der Waals surface area (Å²) in [6.45, 7) is 2.07. The van der Waals surface area contributed by atoms with Gasteiger partial charge in [0.05, 0.1) is 61.9 Å². The average molecular weight is 390 g/mol. The first-order valence-electron chi connectivity index (χ1n) is 8.89. The Morgan fingerprint density at radius 3 is 2.79 bits per heavy atom. The topological polar surface area (TPSA) is 106 Å². The number of hydrogen-bond donors (Lipinski definition) is 0. The van der Waals surface area contributed by atoms with Gasteiger partial charge in [0.2, 0.25) is 0 Å². The van der Waals surface area contributed by atoms with Crippen molar-refractivity contribution in [2.45, 2.75) is 19.5 Å². The SMILES string of the molecule is COc1cc(-c2ccc3c(n2)CN(c2cnn([C@@H](C)C#N)c2)C3=O)cnc1OC. The van der Waals surface area contributed by atoms with E-state index in [-0.39, 0.29) is 5.91 Å². The Bertz CT molecular complexity index is 1130. The molecule has 0 N–H and O–H groups in total. The van der Waals surface area contributed by atoms with Crippen LogP contribution in [-0.2, 0) is 6.54 Å². The van der Waals surface area contributed by atoms with E-state index in [1.165, 1.54) is 11.8 Å². The standard InChI is InChI=1S/C20H18N6O3/c1-12(7-21)26-10-14(9-23-26)25-11-17-15(20(25)27)4-5-16(24-17)13-6-18(28-2)19(29-3)22-8-13/h4-6,8-10,12H,11H2,1-3H3/t12-/m0/s1. The van der Waals surface area contributed by atoms with E-state index >= 15 is 0 Å². The lowest BCUT2D eigenvalue weighted by molar-refractivity contribution is 0.0996. The first-order valence-corrected chi connectivity index (χ1v) is 8.89. The quantitative estimate of drug-likeness (QED) is 0.659. The number of fused-ring (bicyclic) bond motifs is 1. The highest BCUT2D eigenvalue weighted by Crippen LogP contribution is 2.32. The summed E-state index contributed by atoms with van der Waals surface area (Å²) in [7, 11) is 3.07. The van der Waals surface area contributed by atoms with E-state index in [1.807, 2.05) is 0 Å². The first kappa shape index (κ1) is 18.4. The van der Waals surface area contributed by atoms with Crippen molar-refractivity contribution >= 4 is 11.6 Å². The molecule has 1 aliphatic rings. The number of rotatable bonds is 5. The predicted molar refractivity (Wildman–Crippen MR) is 104 cm³/mol. The molecule has 1 atom stereocenters. The third-order valence-corrected chi connectivity index (χ3v) is 4.77. The molecule has 0 unspecified atom stereocenters.